The van der Waals surface area contributed by atoms with E-state index in [-0.39, 0.29) is 11.8 Å². The number of nitrogens with two attached hydrogens (primary N) is 1. The number of fused-ring (bicyclic) bond motifs is 1. The van der Waals surface area contributed by atoms with Gasteiger partial charge in [-0.25, -0.2) is 0 Å². The van der Waals surface area contributed by atoms with Gasteiger partial charge in [-0.2, -0.15) is 0 Å². The number of aryl methyl sites for hydroxylation is 1. The summed E-state index contributed by atoms with van der Waals surface area (Å²) in [5, 5.41) is 0. The van der Waals surface area contributed by atoms with Crippen molar-refractivity contribution in [3.63, 3.8) is 0 Å². The normalized spacial score (nSPS) is 19.2. The molecule has 1 aromatic rings. The van der Waals surface area contributed by atoms with Gasteiger partial charge in [-0.15, -0.1) is 0 Å². The third-order valence-electron chi connectivity index (χ3n) is 5.68. The molecule has 0 aromatic heterocycles. The molecule has 144 valence electrons. The Morgan fingerprint density at radius 2 is 2.07 bits per heavy atom. The van der Waals surface area contributed by atoms with E-state index in [1.54, 1.807) is 0 Å². The second-order valence-electron chi connectivity index (χ2n) is 7.87. The Kier molecular flexibility index (Phi) is 6.68. The van der Waals surface area contributed by atoms with E-state index in [9.17, 15) is 4.79 Å². The van der Waals surface area contributed by atoms with Crippen molar-refractivity contribution in [2.75, 3.05) is 13.1 Å². The zero-order chi connectivity index (χ0) is 19.2. The molecule has 3 heteroatoms. The lowest BCUT2D eigenvalue weighted by atomic mass is 9.82. The van der Waals surface area contributed by atoms with Crippen LogP contribution in [0, 0.1) is 5.92 Å². The molecule has 0 heterocycles. The van der Waals surface area contributed by atoms with Crippen LogP contribution in [-0.2, 0) is 11.2 Å². The number of allylic oxidation sites excluding steroid dienone is 5. The van der Waals surface area contributed by atoms with Crippen LogP contribution in [0.5, 0.6) is 0 Å². The highest BCUT2D eigenvalue weighted by atomic mass is 16.2. The van der Waals surface area contributed by atoms with Gasteiger partial charge in [0.15, 0.2) is 0 Å². The van der Waals surface area contributed by atoms with Gasteiger partial charge in [-0.1, -0.05) is 55.8 Å². The lowest BCUT2D eigenvalue weighted by molar-refractivity contribution is -0.131. The molecule has 0 bridgehead atoms. The predicted molar refractivity (Wildman–Crippen MR) is 112 cm³/mol. The first-order valence-electron chi connectivity index (χ1n) is 10.3. The van der Waals surface area contributed by atoms with Gasteiger partial charge in [0.1, 0.15) is 0 Å². The molecule has 2 N–H and O–H groups in total. The Hall–Kier alpha value is -2.13. The van der Waals surface area contributed by atoms with E-state index in [0.717, 1.165) is 37.8 Å². The Morgan fingerprint density at radius 3 is 2.85 bits per heavy atom. The van der Waals surface area contributed by atoms with Crippen molar-refractivity contribution in [3.05, 3.63) is 71.0 Å². The average Bonchev–Trinajstić information content (AvgIpc) is 2.94. The molecule has 3 nitrogen and oxygen atoms in total. The fraction of sp³-hybridized carbons (Fsp3) is 0.458. The van der Waals surface area contributed by atoms with Gasteiger partial charge < -0.3 is 10.6 Å². The minimum Gasteiger partial charge on any atom is -0.330 e. The topological polar surface area (TPSA) is 46.3 Å². The van der Waals surface area contributed by atoms with Crippen LogP contribution in [0.15, 0.2) is 59.8 Å². The highest BCUT2D eigenvalue weighted by Gasteiger charge is 2.30. The van der Waals surface area contributed by atoms with Gasteiger partial charge in [0.2, 0.25) is 5.91 Å². The SMILES string of the molecule is CC(C)C1=CC=C(N(CCCN)C(=O)C2CCCc3ccccc32)C=CC1. The lowest BCUT2D eigenvalue weighted by Crippen LogP contribution is -2.36. The summed E-state index contributed by atoms with van der Waals surface area (Å²) in [6.45, 7) is 5.70. The molecule has 0 saturated carbocycles. The second kappa shape index (κ2) is 9.18. The van der Waals surface area contributed by atoms with Crippen LogP contribution in [0.25, 0.3) is 0 Å². The van der Waals surface area contributed by atoms with Gasteiger partial charge in [0.25, 0.3) is 0 Å². The van der Waals surface area contributed by atoms with Crippen LogP contribution in [0.3, 0.4) is 0 Å². The molecule has 0 spiro atoms. The molecular weight excluding hydrogens is 332 g/mol. The van der Waals surface area contributed by atoms with Crippen LogP contribution in [0.4, 0.5) is 0 Å². The van der Waals surface area contributed by atoms with Gasteiger partial charge in [0, 0.05) is 12.2 Å². The predicted octanol–water partition coefficient (Wildman–Crippen LogP) is 4.71. The smallest absolute Gasteiger partial charge is 0.234 e. The molecule has 2 aliphatic carbocycles. The van der Waals surface area contributed by atoms with Gasteiger partial charge >= 0.3 is 0 Å². The van der Waals surface area contributed by atoms with Crippen molar-refractivity contribution in [2.24, 2.45) is 11.7 Å². The number of benzene rings is 1. The molecule has 0 radical (unpaired) electrons. The fourth-order valence-electron chi connectivity index (χ4n) is 4.05. The summed E-state index contributed by atoms with van der Waals surface area (Å²) in [5.74, 6) is 0.690. The molecule has 1 atom stereocenters. The summed E-state index contributed by atoms with van der Waals surface area (Å²) in [6, 6.07) is 8.43. The van der Waals surface area contributed by atoms with E-state index < -0.39 is 0 Å². The van der Waals surface area contributed by atoms with Crippen LogP contribution >= 0.6 is 0 Å². The number of nitrogens with zero attached hydrogens (tertiary/aromatic N) is 1. The number of hydrogen-bond donors (Lipinski definition) is 1. The first kappa shape index (κ1) is 19.6. The molecule has 0 aliphatic heterocycles. The van der Waals surface area contributed by atoms with Crippen molar-refractivity contribution in [1.82, 2.24) is 4.90 Å². The highest BCUT2D eigenvalue weighted by Crippen LogP contribution is 2.34. The number of carbonyl (C=O) groups is 1. The van der Waals surface area contributed by atoms with Gasteiger partial charge in [0.05, 0.1) is 5.92 Å². The Bertz CT molecular complexity index is 757. The Morgan fingerprint density at radius 1 is 1.26 bits per heavy atom. The number of rotatable bonds is 6. The van der Waals surface area contributed by atoms with E-state index in [1.807, 2.05) is 4.90 Å². The molecular formula is C24H32N2O. The van der Waals surface area contributed by atoms with Gasteiger partial charge in [-0.3, -0.25) is 4.79 Å². The quantitative estimate of drug-likeness (QED) is 0.794. The maximum absolute atomic E-state index is 13.6. The maximum atomic E-state index is 13.6. The molecule has 1 amide bonds. The highest BCUT2D eigenvalue weighted by molar-refractivity contribution is 5.86. The summed E-state index contributed by atoms with van der Waals surface area (Å²) >= 11 is 0. The van der Waals surface area contributed by atoms with E-state index in [2.05, 4.69) is 62.4 Å². The Labute approximate surface area is 163 Å². The minimum atomic E-state index is -0.0428. The molecule has 3 rings (SSSR count). The van der Waals surface area contributed by atoms with Crippen LogP contribution < -0.4 is 5.73 Å². The lowest BCUT2D eigenvalue weighted by Gasteiger charge is -2.31. The Balaban J connectivity index is 1.90. The second-order valence-corrected chi connectivity index (χ2v) is 7.87. The first-order chi connectivity index (χ1) is 13.1. The molecule has 1 aromatic carbocycles. The molecule has 2 aliphatic rings. The largest absolute Gasteiger partial charge is 0.330 e. The van der Waals surface area contributed by atoms with E-state index in [0.29, 0.717) is 19.0 Å². The van der Waals surface area contributed by atoms with E-state index in [4.69, 9.17) is 5.73 Å². The third-order valence-corrected chi connectivity index (χ3v) is 5.68. The van der Waals surface area contributed by atoms with Crippen LogP contribution in [-0.4, -0.2) is 23.9 Å². The summed E-state index contributed by atoms with van der Waals surface area (Å²) < 4.78 is 0. The van der Waals surface area contributed by atoms with Crippen molar-refractivity contribution < 1.29 is 4.79 Å². The van der Waals surface area contributed by atoms with Crippen molar-refractivity contribution in [2.45, 2.75) is 51.9 Å². The minimum absolute atomic E-state index is 0.0428. The standard InChI is InChI=1S/C24H32N2O/c1-18(2)19-9-5-11-21(15-14-19)26(17-7-16-25)24(27)23-13-6-10-20-8-3-4-12-22(20)23/h3-5,8,11-12,14-15,18,23H,6-7,9-10,13,16-17,25H2,1-2H3. The van der Waals surface area contributed by atoms with E-state index >= 15 is 0 Å². The number of hydrogen-bond acceptors (Lipinski definition) is 2. The monoisotopic (exact) mass is 364 g/mol. The maximum Gasteiger partial charge on any atom is 0.234 e. The van der Waals surface area contributed by atoms with Crippen LogP contribution in [0.1, 0.15) is 56.6 Å². The summed E-state index contributed by atoms with van der Waals surface area (Å²) in [6.07, 6.45) is 13.4. The van der Waals surface area contributed by atoms with Crippen molar-refractivity contribution in [3.8, 4) is 0 Å². The van der Waals surface area contributed by atoms with Gasteiger partial charge in [-0.05, 0) is 67.8 Å². The summed E-state index contributed by atoms with van der Waals surface area (Å²) in [4.78, 5) is 15.6. The summed E-state index contributed by atoms with van der Waals surface area (Å²) in [7, 11) is 0. The van der Waals surface area contributed by atoms with E-state index in [1.165, 1.54) is 16.7 Å². The number of amides is 1. The first-order valence-corrected chi connectivity index (χ1v) is 10.3. The average molecular weight is 365 g/mol. The van der Waals surface area contributed by atoms with Crippen molar-refractivity contribution in [1.29, 1.82) is 0 Å². The molecule has 0 saturated heterocycles. The van der Waals surface area contributed by atoms with Crippen LogP contribution in [0.2, 0.25) is 0 Å². The zero-order valence-corrected chi connectivity index (χ0v) is 16.7. The van der Waals surface area contributed by atoms with Crippen molar-refractivity contribution >= 4 is 5.91 Å². The molecule has 1 unspecified atom stereocenters. The third kappa shape index (κ3) is 4.59. The summed E-state index contributed by atoms with van der Waals surface area (Å²) in [5.41, 5.74) is 10.7. The molecule has 0 fully saturated rings. The zero-order valence-electron chi connectivity index (χ0n) is 16.7. The fourth-order valence-corrected chi connectivity index (χ4v) is 4.05. The number of carbonyl (C=O) groups excluding carboxylic acids is 1. The molecule has 27 heavy (non-hydrogen) atoms.